The fraction of sp³-hybridized carbons (Fsp3) is 0.250. The van der Waals surface area contributed by atoms with E-state index in [0.29, 0.717) is 24.3 Å². The first-order chi connectivity index (χ1) is 10.1. The van der Waals surface area contributed by atoms with Gasteiger partial charge in [-0.3, -0.25) is 9.59 Å². The van der Waals surface area contributed by atoms with Gasteiger partial charge in [-0.05, 0) is 31.3 Å². The van der Waals surface area contributed by atoms with Crippen LogP contribution in [0.25, 0.3) is 0 Å². The van der Waals surface area contributed by atoms with Gasteiger partial charge in [0.2, 0.25) is 5.91 Å². The number of nitrogens with one attached hydrogen (secondary N) is 2. The van der Waals surface area contributed by atoms with E-state index in [1.54, 1.807) is 48.4 Å². The molecule has 0 aliphatic rings. The Morgan fingerprint density at radius 2 is 1.71 bits per heavy atom. The summed E-state index contributed by atoms with van der Waals surface area (Å²) in [5.41, 5.74) is 1.22. The van der Waals surface area contributed by atoms with E-state index in [2.05, 4.69) is 23.8 Å². The number of benzene rings is 1. The van der Waals surface area contributed by atoms with Gasteiger partial charge in [0.25, 0.3) is 5.91 Å². The molecule has 5 heteroatoms. The largest absolute Gasteiger partial charge is 0.331 e. The first-order valence-corrected chi connectivity index (χ1v) is 6.68. The number of carbonyl (C=O) groups is 2. The zero-order valence-corrected chi connectivity index (χ0v) is 12.3. The molecule has 2 N–H and O–H groups in total. The molecule has 0 saturated heterocycles. The van der Waals surface area contributed by atoms with Gasteiger partial charge >= 0.3 is 0 Å². The van der Waals surface area contributed by atoms with Gasteiger partial charge in [-0.15, -0.1) is 13.2 Å². The highest BCUT2D eigenvalue weighted by molar-refractivity contribution is 5.96. The van der Waals surface area contributed by atoms with Crippen LogP contribution >= 0.6 is 0 Å². The predicted octanol–water partition coefficient (Wildman–Crippen LogP) is 1.66. The van der Waals surface area contributed by atoms with Crippen LogP contribution in [0, 0.1) is 0 Å². The maximum Gasteiger partial charge on any atom is 0.254 e. The van der Waals surface area contributed by atoms with Gasteiger partial charge in [0.15, 0.2) is 0 Å². The molecule has 1 aromatic carbocycles. The molecule has 0 spiro atoms. The van der Waals surface area contributed by atoms with Crippen molar-refractivity contribution in [2.75, 3.05) is 32.0 Å². The third-order valence-corrected chi connectivity index (χ3v) is 2.74. The number of carbonyl (C=O) groups excluding carboxylic acids is 2. The zero-order chi connectivity index (χ0) is 15.7. The molecule has 0 bridgehead atoms. The fourth-order valence-corrected chi connectivity index (χ4v) is 1.80. The molecule has 0 saturated carbocycles. The lowest BCUT2D eigenvalue weighted by atomic mass is 10.1. The number of amides is 2. The number of nitrogens with zero attached hydrogens (tertiary/aromatic N) is 1. The molecular formula is C16H21N3O2. The Bertz CT molecular complexity index is 499. The molecule has 1 rings (SSSR count). The summed E-state index contributed by atoms with van der Waals surface area (Å²) in [5, 5.41) is 5.50. The Morgan fingerprint density at radius 3 is 2.19 bits per heavy atom. The monoisotopic (exact) mass is 287 g/mol. The van der Waals surface area contributed by atoms with Gasteiger partial charge in [-0.25, -0.2) is 0 Å². The molecule has 0 aliphatic carbocycles. The summed E-state index contributed by atoms with van der Waals surface area (Å²) < 4.78 is 0. The Labute approximate surface area is 125 Å². The van der Waals surface area contributed by atoms with Gasteiger partial charge in [-0.1, -0.05) is 12.2 Å². The van der Waals surface area contributed by atoms with Gasteiger partial charge < -0.3 is 15.5 Å². The second-order valence-corrected chi connectivity index (χ2v) is 4.44. The van der Waals surface area contributed by atoms with E-state index in [1.165, 1.54) is 0 Å². The average molecular weight is 287 g/mol. The summed E-state index contributed by atoms with van der Waals surface area (Å²) in [5.74, 6) is -0.223. The van der Waals surface area contributed by atoms with Gasteiger partial charge in [0.1, 0.15) is 0 Å². The number of hydrogen-bond donors (Lipinski definition) is 2. The topological polar surface area (TPSA) is 61.4 Å². The SMILES string of the molecule is C=CCN(CC=C)C(=O)c1ccc(NC(=O)CNC)cc1. The van der Waals surface area contributed by atoms with Gasteiger partial charge in [0, 0.05) is 24.3 Å². The molecule has 0 unspecified atom stereocenters. The van der Waals surface area contributed by atoms with Crippen molar-refractivity contribution in [3.05, 3.63) is 55.1 Å². The van der Waals surface area contributed by atoms with Crippen LogP contribution in [0.4, 0.5) is 5.69 Å². The van der Waals surface area contributed by atoms with E-state index in [1.807, 2.05) is 0 Å². The summed E-state index contributed by atoms with van der Waals surface area (Å²) in [6.45, 7) is 8.45. The molecule has 0 heterocycles. The Hall–Kier alpha value is -2.40. The zero-order valence-electron chi connectivity index (χ0n) is 12.3. The average Bonchev–Trinajstić information content (AvgIpc) is 2.47. The van der Waals surface area contributed by atoms with Crippen molar-refractivity contribution in [2.45, 2.75) is 0 Å². The minimum Gasteiger partial charge on any atom is -0.331 e. The number of anilines is 1. The first-order valence-electron chi connectivity index (χ1n) is 6.68. The van der Waals surface area contributed by atoms with Crippen molar-refractivity contribution in [2.24, 2.45) is 0 Å². The third-order valence-electron chi connectivity index (χ3n) is 2.74. The van der Waals surface area contributed by atoms with Crippen molar-refractivity contribution in [3.63, 3.8) is 0 Å². The highest BCUT2D eigenvalue weighted by atomic mass is 16.2. The number of likely N-dealkylation sites (N-methyl/N-ethyl adjacent to an activating group) is 1. The quantitative estimate of drug-likeness (QED) is 0.715. The Balaban J connectivity index is 2.75. The Kier molecular flexibility index (Phi) is 6.91. The molecule has 0 fully saturated rings. The molecule has 0 atom stereocenters. The van der Waals surface area contributed by atoms with E-state index in [0.717, 1.165) is 0 Å². The molecule has 0 aliphatic heterocycles. The molecule has 2 amide bonds. The second-order valence-electron chi connectivity index (χ2n) is 4.44. The van der Waals surface area contributed by atoms with E-state index < -0.39 is 0 Å². The van der Waals surface area contributed by atoms with Crippen LogP contribution in [0.3, 0.4) is 0 Å². The Morgan fingerprint density at radius 1 is 1.14 bits per heavy atom. The lowest BCUT2D eigenvalue weighted by Crippen LogP contribution is -2.31. The molecule has 0 aromatic heterocycles. The van der Waals surface area contributed by atoms with Crippen LogP contribution in [0.5, 0.6) is 0 Å². The van der Waals surface area contributed by atoms with Crippen LogP contribution in [0.2, 0.25) is 0 Å². The van der Waals surface area contributed by atoms with Gasteiger partial charge in [0.05, 0.1) is 6.54 Å². The maximum atomic E-state index is 12.3. The third kappa shape index (κ3) is 5.24. The lowest BCUT2D eigenvalue weighted by molar-refractivity contribution is -0.115. The standard InChI is InChI=1S/C16H21N3O2/c1-4-10-19(11-5-2)16(21)13-6-8-14(9-7-13)18-15(20)12-17-3/h4-9,17H,1-2,10-12H2,3H3,(H,18,20). The number of rotatable bonds is 8. The lowest BCUT2D eigenvalue weighted by Gasteiger charge is -2.19. The molecule has 112 valence electrons. The van der Waals surface area contributed by atoms with Crippen LogP contribution in [0.15, 0.2) is 49.6 Å². The molecular weight excluding hydrogens is 266 g/mol. The molecule has 1 aromatic rings. The minimum absolute atomic E-state index is 0.0945. The van der Waals surface area contributed by atoms with E-state index >= 15 is 0 Å². The van der Waals surface area contributed by atoms with E-state index in [-0.39, 0.29) is 18.4 Å². The highest BCUT2D eigenvalue weighted by Crippen LogP contribution is 2.11. The summed E-state index contributed by atoms with van der Waals surface area (Å²) in [4.78, 5) is 25.4. The van der Waals surface area contributed by atoms with Gasteiger partial charge in [-0.2, -0.15) is 0 Å². The number of hydrogen-bond acceptors (Lipinski definition) is 3. The van der Waals surface area contributed by atoms with Crippen molar-refractivity contribution in [1.82, 2.24) is 10.2 Å². The van der Waals surface area contributed by atoms with Crippen LogP contribution < -0.4 is 10.6 Å². The van der Waals surface area contributed by atoms with E-state index in [9.17, 15) is 9.59 Å². The smallest absolute Gasteiger partial charge is 0.254 e. The predicted molar refractivity (Wildman–Crippen MR) is 85.3 cm³/mol. The normalized spacial score (nSPS) is 9.76. The molecule has 5 nitrogen and oxygen atoms in total. The fourth-order valence-electron chi connectivity index (χ4n) is 1.80. The van der Waals surface area contributed by atoms with E-state index in [4.69, 9.17) is 0 Å². The highest BCUT2D eigenvalue weighted by Gasteiger charge is 2.13. The summed E-state index contributed by atoms with van der Waals surface area (Å²) >= 11 is 0. The molecule has 21 heavy (non-hydrogen) atoms. The van der Waals surface area contributed by atoms with Crippen molar-refractivity contribution >= 4 is 17.5 Å². The van der Waals surface area contributed by atoms with Crippen molar-refractivity contribution in [1.29, 1.82) is 0 Å². The van der Waals surface area contributed by atoms with Crippen LogP contribution in [0.1, 0.15) is 10.4 Å². The molecule has 0 radical (unpaired) electrons. The van der Waals surface area contributed by atoms with Crippen LogP contribution in [-0.2, 0) is 4.79 Å². The summed E-state index contributed by atoms with van der Waals surface area (Å²) in [6.07, 6.45) is 3.35. The van der Waals surface area contributed by atoms with Crippen molar-refractivity contribution in [3.8, 4) is 0 Å². The summed E-state index contributed by atoms with van der Waals surface area (Å²) in [7, 11) is 1.70. The summed E-state index contributed by atoms with van der Waals surface area (Å²) in [6, 6.07) is 6.80. The van der Waals surface area contributed by atoms with Crippen LogP contribution in [-0.4, -0.2) is 43.4 Å². The van der Waals surface area contributed by atoms with Crippen molar-refractivity contribution < 1.29 is 9.59 Å². The second kappa shape index (κ2) is 8.71. The first kappa shape index (κ1) is 16.7. The minimum atomic E-state index is -0.128. The maximum absolute atomic E-state index is 12.3.